The zero-order valence-electron chi connectivity index (χ0n) is 14.2. The normalized spacial score (nSPS) is 34.2. The summed E-state index contributed by atoms with van der Waals surface area (Å²) in [6.45, 7) is 3.09. The second-order valence-electron chi connectivity index (χ2n) is 7.48. The van der Waals surface area contributed by atoms with E-state index in [4.69, 9.17) is 0 Å². The molecule has 2 aliphatic carbocycles. The van der Waals surface area contributed by atoms with Crippen LogP contribution in [0.4, 0.5) is 4.79 Å². The summed E-state index contributed by atoms with van der Waals surface area (Å²) in [5.41, 5.74) is 0. The molecular formula is C17H27N5O2. The number of urea groups is 1. The summed E-state index contributed by atoms with van der Waals surface area (Å²) in [4.78, 5) is 17.1. The summed E-state index contributed by atoms with van der Waals surface area (Å²) < 4.78 is 1.93. The molecule has 1 aliphatic heterocycles. The lowest BCUT2D eigenvalue weighted by Crippen LogP contribution is -2.50. The van der Waals surface area contributed by atoms with Crippen molar-refractivity contribution in [3.63, 3.8) is 0 Å². The van der Waals surface area contributed by atoms with Crippen LogP contribution in [0.15, 0.2) is 0 Å². The van der Waals surface area contributed by atoms with Crippen LogP contribution in [-0.4, -0.2) is 38.6 Å². The topological polar surface area (TPSA) is 92.1 Å². The predicted octanol–water partition coefficient (Wildman–Crippen LogP) is 1.38. The number of carbonyl (C=O) groups excluding carboxylic acids is 1. The Hall–Kier alpha value is -1.63. The molecule has 1 aromatic heterocycles. The standard InChI is InChI=1S/C17H27N5O2/c1-2-14-19-16-13(4-3-7-22(16)21-14)18-17(24)20-15-11-6-5-10(8-11)12(15)9-23/h10-13,15,23H,2-9H2,1H3,(H2,18,20,24). The number of carbonyl (C=O) groups is 1. The first-order valence-corrected chi connectivity index (χ1v) is 9.31. The Morgan fingerprint density at radius 2 is 2.12 bits per heavy atom. The van der Waals surface area contributed by atoms with Crippen molar-refractivity contribution in [3.05, 3.63) is 11.6 Å². The third-order valence-electron chi connectivity index (χ3n) is 6.14. The van der Waals surface area contributed by atoms with Crippen molar-refractivity contribution in [3.8, 4) is 0 Å². The SMILES string of the molecule is CCc1nc2n(n1)CCCC2NC(=O)NC1C2CCC(C2)C1CO. The molecule has 2 saturated carbocycles. The highest BCUT2D eigenvalue weighted by molar-refractivity contribution is 5.74. The molecule has 5 unspecified atom stereocenters. The molecule has 0 saturated heterocycles. The van der Waals surface area contributed by atoms with Crippen LogP contribution in [0, 0.1) is 17.8 Å². The number of fused-ring (bicyclic) bond motifs is 3. The van der Waals surface area contributed by atoms with E-state index in [0.717, 1.165) is 43.9 Å². The Morgan fingerprint density at radius 1 is 1.29 bits per heavy atom. The Bertz CT molecular complexity index is 616. The van der Waals surface area contributed by atoms with Crippen molar-refractivity contribution in [2.45, 2.75) is 64.1 Å². The van der Waals surface area contributed by atoms with Crippen LogP contribution in [0.25, 0.3) is 0 Å². The van der Waals surface area contributed by atoms with Gasteiger partial charge in [-0.15, -0.1) is 0 Å². The molecule has 0 radical (unpaired) electrons. The Morgan fingerprint density at radius 3 is 2.92 bits per heavy atom. The fourth-order valence-electron chi connectivity index (χ4n) is 4.94. The lowest BCUT2D eigenvalue weighted by Gasteiger charge is -2.31. The van der Waals surface area contributed by atoms with Gasteiger partial charge in [-0.1, -0.05) is 6.92 Å². The maximum absolute atomic E-state index is 12.5. The van der Waals surface area contributed by atoms with Crippen molar-refractivity contribution in [1.82, 2.24) is 25.4 Å². The first-order chi connectivity index (χ1) is 11.7. The highest BCUT2D eigenvalue weighted by Gasteiger charge is 2.47. The number of aryl methyl sites for hydroxylation is 2. The summed E-state index contributed by atoms with van der Waals surface area (Å²) in [6.07, 6.45) is 6.22. The number of nitrogens with zero attached hydrogens (tertiary/aromatic N) is 3. The second-order valence-corrected chi connectivity index (χ2v) is 7.48. The van der Waals surface area contributed by atoms with Gasteiger partial charge in [0.15, 0.2) is 5.82 Å². The van der Waals surface area contributed by atoms with Gasteiger partial charge in [-0.2, -0.15) is 5.10 Å². The third kappa shape index (κ3) is 2.68. The molecule has 2 heterocycles. The van der Waals surface area contributed by atoms with Gasteiger partial charge in [0, 0.05) is 31.5 Å². The van der Waals surface area contributed by atoms with E-state index in [1.54, 1.807) is 0 Å². The third-order valence-corrected chi connectivity index (χ3v) is 6.14. The molecule has 4 rings (SSSR count). The minimum Gasteiger partial charge on any atom is -0.396 e. The number of aliphatic hydroxyl groups is 1. The average Bonchev–Trinajstić information content (AvgIpc) is 3.28. The lowest BCUT2D eigenvalue weighted by atomic mass is 9.85. The molecule has 0 spiro atoms. The van der Waals surface area contributed by atoms with E-state index < -0.39 is 0 Å². The van der Waals surface area contributed by atoms with E-state index >= 15 is 0 Å². The fourth-order valence-corrected chi connectivity index (χ4v) is 4.94. The van der Waals surface area contributed by atoms with E-state index in [2.05, 4.69) is 20.7 Å². The van der Waals surface area contributed by atoms with Crippen LogP contribution in [0.2, 0.25) is 0 Å². The maximum Gasteiger partial charge on any atom is 0.315 e. The second kappa shape index (κ2) is 6.35. The fraction of sp³-hybridized carbons (Fsp3) is 0.824. The molecule has 2 fully saturated rings. The number of aliphatic hydroxyl groups excluding tert-OH is 1. The maximum atomic E-state index is 12.5. The molecule has 132 valence electrons. The summed E-state index contributed by atoms with van der Waals surface area (Å²) in [5, 5.41) is 20.4. The highest BCUT2D eigenvalue weighted by Crippen LogP contribution is 2.48. The molecule has 2 bridgehead atoms. The summed E-state index contributed by atoms with van der Waals surface area (Å²) in [6, 6.07) is -0.0929. The van der Waals surface area contributed by atoms with Crippen molar-refractivity contribution in [2.24, 2.45) is 17.8 Å². The zero-order chi connectivity index (χ0) is 16.7. The Labute approximate surface area is 142 Å². The van der Waals surface area contributed by atoms with Gasteiger partial charge in [-0.3, -0.25) is 0 Å². The Kier molecular flexibility index (Phi) is 4.20. The quantitative estimate of drug-likeness (QED) is 0.776. The number of amides is 2. The number of hydrogen-bond acceptors (Lipinski definition) is 4. The molecule has 5 atom stereocenters. The molecule has 1 aromatic rings. The van der Waals surface area contributed by atoms with Crippen LogP contribution in [0.1, 0.15) is 56.7 Å². The predicted molar refractivity (Wildman–Crippen MR) is 88.2 cm³/mol. The van der Waals surface area contributed by atoms with Crippen LogP contribution in [0.5, 0.6) is 0 Å². The molecule has 0 aromatic carbocycles. The van der Waals surface area contributed by atoms with Crippen molar-refractivity contribution < 1.29 is 9.90 Å². The smallest absolute Gasteiger partial charge is 0.315 e. The first-order valence-electron chi connectivity index (χ1n) is 9.31. The first kappa shape index (κ1) is 15.9. The van der Waals surface area contributed by atoms with Gasteiger partial charge in [0.05, 0.1) is 6.04 Å². The van der Waals surface area contributed by atoms with E-state index in [0.29, 0.717) is 11.8 Å². The number of nitrogens with one attached hydrogen (secondary N) is 2. The van der Waals surface area contributed by atoms with E-state index in [1.807, 2.05) is 11.6 Å². The highest BCUT2D eigenvalue weighted by atomic mass is 16.3. The van der Waals surface area contributed by atoms with Crippen LogP contribution in [-0.2, 0) is 13.0 Å². The van der Waals surface area contributed by atoms with Crippen molar-refractivity contribution in [2.75, 3.05) is 6.61 Å². The van der Waals surface area contributed by atoms with Gasteiger partial charge in [0.1, 0.15) is 5.82 Å². The van der Waals surface area contributed by atoms with Gasteiger partial charge < -0.3 is 15.7 Å². The molecule has 2 amide bonds. The summed E-state index contributed by atoms with van der Waals surface area (Å²) in [7, 11) is 0. The number of rotatable bonds is 4. The van der Waals surface area contributed by atoms with Crippen LogP contribution >= 0.6 is 0 Å². The monoisotopic (exact) mass is 333 g/mol. The minimum atomic E-state index is -0.134. The van der Waals surface area contributed by atoms with Crippen molar-refractivity contribution >= 4 is 6.03 Å². The van der Waals surface area contributed by atoms with Gasteiger partial charge in [-0.05, 0) is 43.9 Å². The van der Waals surface area contributed by atoms with Crippen molar-refractivity contribution in [1.29, 1.82) is 0 Å². The largest absolute Gasteiger partial charge is 0.396 e. The van der Waals surface area contributed by atoms with Gasteiger partial charge in [0.2, 0.25) is 0 Å². The lowest BCUT2D eigenvalue weighted by molar-refractivity contribution is 0.143. The number of hydrogen-bond donors (Lipinski definition) is 3. The molecule has 7 nitrogen and oxygen atoms in total. The molecular weight excluding hydrogens is 306 g/mol. The zero-order valence-corrected chi connectivity index (χ0v) is 14.2. The minimum absolute atomic E-state index is 0.0716. The van der Waals surface area contributed by atoms with Gasteiger partial charge in [-0.25, -0.2) is 14.5 Å². The van der Waals surface area contributed by atoms with Gasteiger partial charge in [0.25, 0.3) is 0 Å². The molecule has 7 heteroatoms. The molecule has 3 N–H and O–H groups in total. The molecule has 3 aliphatic rings. The van der Waals surface area contributed by atoms with Gasteiger partial charge >= 0.3 is 6.03 Å². The van der Waals surface area contributed by atoms with E-state index in [-0.39, 0.29) is 30.6 Å². The summed E-state index contributed by atoms with van der Waals surface area (Å²) in [5.74, 6) is 3.04. The Balaban J connectivity index is 1.41. The van der Waals surface area contributed by atoms with Crippen LogP contribution in [0.3, 0.4) is 0 Å². The van der Waals surface area contributed by atoms with Crippen LogP contribution < -0.4 is 10.6 Å². The molecule has 24 heavy (non-hydrogen) atoms. The summed E-state index contributed by atoms with van der Waals surface area (Å²) >= 11 is 0. The van der Waals surface area contributed by atoms with E-state index in [1.165, 1.54) is 12.8 Å². The number of aromatic nitrogens is 3. The average molecular weight is 333 g/mol. The van der Waals surface area contributed by atoms with E-state index in [9.17, 15) is 9.90 Å².